The van der Waals surface area contributed by atoms with E-state index in [2.05, 4.69) is 24.7 Å². The van der Waals surface area contributed by atoms with Gasteiger partial charge in [-0.15, -0.1) is 0 Å². The van der Waals surface area contributed by atoms with Gasteiger partial charge in [-0.2, -0.15) is 5.10 Å². The smallest absolute Gasteiger partial charge is 0.244 e. The summed E-state index contributed by atoms with van der Waals surface area (Å²) in [7, 11) is -2.62. The summed E-state index contributed by atoms with van der Waals surface area (Å²) in [5, 5.41) is 5.23. The number of benzene rings is 1. The minimum absolute atomic E-state index is 0.0574. The molecule has 0 saturated carbocycles. The molecular weight excluding hydrogens is 423 g/mol. The Morgan fingerprint density at radius 3 is 2.68 bits per heavy atom. The molecule has 166 valence electrons. The summed E-state index contributed by atoms with van der Waals surface area (Å²) in [4.78, 5) is 10.8. The Morgan fingerprint density at radius 2 is 1.94 bits per heavy atom. The molecule has 11 heteroatoms. The van der Waals surface area contributed by atoms with Crippen LogP contribution in [0, 0.1) is 5.82 Å². The molecule has 0 aliphatic carbocycles. The summed E-state index contributed by atoms with van der Waals surface area (Å²) in [6, 6.07) is 3.37. The molecule has 9 nitrogen and oxygen atoms in total. The van der Waals surface area contributed by atoms with Crippen LogP contribution in [0.5, 0.6) is 5.75 Å². The molecule has 0 radical (unpaired) electrons. The van der Waals surface area contributed by atoms with Crippen LogP contribution in [0.25, 0.3) is 11.0 Å². The van der Waals surface area contributed by atoms with Gasteiger partial charge in [0.1, 0.15) is 28.6 Å². The van der Waals surface area contributed by atoms with Gasteiger partial charge in [0, 0.05) is 19.6 Å². The van der Waals surface area contributed by atoms with E-state index in [1.165, 1.54) is 32.3 Å². The first-order valence-electron chi connectivity index (χ1n) is 10.2. The van der Waals surface area contributed by atoms with Crippen LogP contribution in [0.4, 0.5) is 10.2 Å². The normalized spacial score (nSPS) is 15.2. The molecule has 2 aromatic heterocycles. The largest absolute Gasteiger partial charge is 0.495 e. The van der Waals surface area contributed by atoms with Gasteiger partial charge in [0.15, 0.2) is 5.65 Å². The first-order valence-corrected chi connectivity index (χ1v) is 11.7. The fourth-order valence-electron chi connectivity index (χ4n) is 3.80. The Kier molecular flexibility index (Phi) is 6.33. The molecule has 0 bridgehead atoms. The molecule has 0 unspecified atom stereocenters. The van der Waals surface area contributed by atoms with Crippen LogP contribution < -0.4 is 14.4 Å². The number of halogens is 1. The van der Waals surface area contributed by atoms with E-state index in [4.69, 9.17) is 4.74 Å². The van der Waals surface area contributed by atoms with E-state index in [0.717, 1.165) is 49.3 Å². The second-order valence-corrected chi connectivity index (χ2v) is 9.13. The number of ether oxygens (including phenoxy) is 1. The second-order valence-electron chi connectivity index (χ2n) is 7.40. The molecule has 0 atom stereocenters. The minimum Gasteiger partial charge on any atom is -0.495 e. The summed E-state index contributed by atoms with van der Waals surface area (Å²) < 4.78 is 48.0. The first kappa shape index (κ1) is 21.4. The van der Waals surface area contributed by atoms with Crippen molar-refractivity contribution in [3.63, 3.8) is 0 Å². The lowest BCUT2D eigenvalue weighted by Gasteiger charge is -2.21. The third kappa shape index (κ3) is 4.62. The number of nitrogens with one attached hydrogen (secondary N) is 1. The number of nitrogens with zero attached hydrogens (tertiary/aromatic N) is 5. The lowest BCUT2D eigenvalue weighted by molar-refractivity contribution is 0.400. The van der Waals surface area contributed by atoms with E-state index in [0.29, 0.717) is 5.65 Å². The van der Waals surface area contributed by atoms with Crippen molar-refractivity contribution in [2.45, 2.75) is 37.1 Å². The molecule has 3 heterocycles. The van der Waals surface area contributed by atoms with Gasteiger partial charge in [-0.25, -0.2) is 32.2 Å². The van der Waals surface area contributed by atoms with E-state index >= 15 is 0 Å². The Morgan fingerprint density at radius 1 is 1.16 bits per heavy atom. The van der Waals surface area contributed by atoms with Gasteiger partial charge in [0.25, 0.3) is 0 Å². The highest BCUT2D eigenvalue weighted by Gasteiger charge is 2.21. The van der Waals surface area contributed by atoms with Gasteiger partial charge in [0.2, 0.25) is 10.0 Å². The Bertz CT molecular complexity index is 1160. The van der Waals surface area contributed by atoms with Gasteiger partial charge >= 0.3 is 0 Å². The predicted molar refractivity (Wildman–Crippen MR) is 114 cm³/mol. The van der Waals surface area contributed by atoms with Crippen molar-refractivity contribution in [1.29, 1.82) is 0 Å². The molecular formula is C20H25FN6O3S. The summed E-state index contributed by atoms with van der Waals surface area (Å²) >= 11 is 0. The lowest BCUT2D eigenvalue weighted by atomic mass is 10.2. The molecule has 31 heavy (non-hydrogen) atoms. The third-order valence-corrected chi connectivity index (χ3v) is 6.83. The van der Waals surface area contributed by atoms with E-state index in [1.807, 2.05) is 0 Å². The van der Waals surface area contributed by atoms with Crippen molar-refractivity contribution in [3.8, 4) is 5.75 Å². The van der Waals surface area contributed by atoms with Crippen molar-refractivity contribution in [3.05, 3.63) is 36.5 Å². The average molecular weight is 449 g/mol. The molecule has 1 N–H and O–H groups in total. The molecule has 1 aliphatic heterocycles. The predicted octanol–water partition coefficient (Wildman–Crippen LogP) is 2.33. The Hall–Kier alpha value is -2.79. The Balaban J connectivity index is 1.50. The molecule has 0 amide bonds. The van der Waals surface area contributed by atoms with E-state index < -0.39 is 15.8 Å². The molecule has 0 spiro atoms. The van der Waals surface area contributed by atoms with Crippen molar-refractivity contribution < 1.29 is 17.5 Å². The SMILES string of the molecule is COc1ccc(F)cc1S(=O)(=O)NCCn1ncc2c(N3CCCCCC3)ncnc21. The maximum absolute atomic E-state index is 13.6. The zero-order valence-electron chi connectivity index (χ0n) is 17.3. The van der Waals surface area contributed by atoms with Gasteiger partial charge in [-0.1, -0.05) is 12.8 Å². The van der Waals surface area contributed by atoms with E-state index in [9.17, 15) is 12.8 Å². The van der Waals surface area contributed by atoms with Crippen molar-refractivity contribution in [1.82, 2.24) is 24.5 Å². The van der Waals surface area contributed by atoms with Crippen LogP contribution in [0.1, 0.15) is 25.7 Å². The number of hydrogen-bond donors (Lipinski definition) is 1. The number of rotatable bonds is 7. The van der Waals surface area contributed by atoms with Gasteiger partial charge < -0.3 is 9.64 Å². The fourth-order valence-corrected chi connectivity index (χ4v) is 5.00. The van der Waals surface area contributed by atoms with Crippen LogP contribution in [0.3, 0.4) is 0 Å². The summed E-state index contributed by atoms with van der Waals surface area (Å²) in [6.07, 6.45) is 7.94. The van der Waals surface area contributed by atoms with Gasteiger partial charge in [0.05, 0.1) is 25.2 Å². The van der Waals surface area contributed by atoms with Crippen molar-refractivity contribution in [2.75, 3.05) is 31.6 Å². The first-order chi connectivity index (χ1) is 15.0. The molecule has 4 rings (SSSR count). The number of sulfonamides is 1. The van der Waals surface area contributed by atoms with Crippen LogP contribution in [0.2, 0.25) is 0 Å². The second kappa shape index (κ2) is 9.15. The number of anilines is 1. The molecule has 1 aromatic carbocycles. The molecule has 1 aliphatic rings. The molecule has 1 fully saturated rings. The van der Waals surface area contributed by atoms with Crippen LogP contribution in [-0.4, -0.2) is 54.9 Å². The van der Waals surface area contributed by atoms with Crippen molar-refractivity contribution >= 4 is 26.9 Å². The summed E-state index contributed by atoms with van der Waals surface area (Å²) in [6.45, 7) is 2.22. The summed E-state index contributed by atoms with van der Waals surface area (Å²) in [5.74, 6) is 0.286. The highest BCUT2D eigenvalue weighted by Crippen LogP contribution is 2.26. The maximum atomic E-state index is 13.6. The molecule has 1 saturated heterocycles. The quantitative estimate of drug-likeness (QED) is 0.592. The van der Waals surface area contributed by atoms with E-state index in [1.54, 1.807) is 10.9 Å². The maximum Gasteiger partial charge on any atom is 0.244 e. The standard InChI is InChI=1S/C20H25FN6O3S/c1-30-17-7-6-15(21)12-18(17)31(28,29)25-8-11-27-20-16(13-24-27)19(22-14-23-20)26-9-4-2-3-5-10-26/h6-7,12-14,25H,2-5,8-11H2,1H3. The lowest BCUT2D eigenvalue weighted by Crippen LogP contribution is -2.28. The molecule has 3 aromatic rings. The zero-order valence-corrected chi connectivity index (χ0v) is 18.1. The van der Waals surface area contributed by atoms with Gasteiger partial charge in [-0.3, -0.25) is 0 Å². The highest BCUT2D eigenvalue weighted by molar-refractivity contribution is 7.89. The Labute approximate surface area is 180 Å². The van der Waals surface area contributed by atoms with Crippen LogP contribution in [-0.2, 0) is 16.6 Å². The zero-order chi connectivity index (χ0) is 21.8. The average Bonchev–Trinajstić information content (AvgIpc) is 2.99. The topological polar surface area (TPSA) is 102 Å². The van der Waals surface area contributed by atoms with Crippen LogP contribution in [0.15, 0.2) is 35.6 Å². The number of hydrogen-bond acceptors (Lipinski definition) is 7. The van der Waals surface area contributed by atoms with Gasteiger partial charge in [-0.05, 0) is 31.0 Å². The van der Waals surface area contributed by atoms with Crippen LogP contribution >= 0.6 is 0 Å². The number of methoxy groups -OCH3 is 1. The van der Waals surface area contributed by atoms with E-state index in [-0.39, 0.29) is 23.7 Å². The number of fused-ring (bicyclic) bond motifs is 1. The monoisotopic (exact) mass is 448 g/mol. The highest BCUT2D eigenvalue weighted by atomic mass is 32.2. The summed E-state index contributed by atoms with van der Waals surface area (Å²) in [5.41, 5.74) is 0.650. The number of aromatic nitrogens is 4. The minimum atomic E-state index is -3.96. The van der Waals surface area contributed by atoms with Crippen molar-refractivity contribution in [2.24, 2.45) is 0 Å². The fraction of sp³-hybridized carbons (Fsp3) is 0.450. The third-order valence-electron chi connectivity index (χ3n) is 5.35.